The molecule has 0 unspecified atom stereocenters. The van der Waals surface area contributed by atoms with E-state index in [4.69, 9.17) is 0 Å². The van der Waals surface area contributed by atoms with Crippen molar-refractivity contribution >= 4 is 11.9 Å². The maximum atomic E-state index is 12.0. The van der Waals surface area contributed by atoms with E-state index in [2.05, 4.69) is 5.32 Å². The predicted molar refractivity (Wildman–Crippen MR) is 71.7 cm³/mol. The molecule has 2 rings (SSSR count). The lowest BCUT2D eigenvalue weighted by Crippen LogP contribution is -2.29. The molecule has 2 N–H and O–H groups in total. The van der Waals surface area contributed by atoms with Gasteiger partial charge >= 0.3 is 5.97 Å². The van der Waals surface area contributed by atoms with Gasteiger partial charge in [-0.15, -0.1) is 0 Å². The van der Waals surface area contributed by atoms with Gasteiger partial charge in [0.15, 0.2) is 0 Å². The molecule has 0 bridgehead atoms. The first-order valence-electron chi connectivity index (χ1n) is 6.50. The van der Waals surface area contributed by atoms with Crippen LogP contribution in [0.2, 0.25) is 0 Å². The number of hydrogen-bond donors (Lipinski definition) is 2. The van der Waals surface area contributed by atoms with Crippen LogP contribution >= 0.6 is 0 Å². The van der Waals surface area contributed by atoms with Crippen molar-refractivity contribution in [1.82, 2.24) is 5.32 Å². The average Bonchev–Trinajstić information content (AvgIpc) is 2.46. The highest BCUT2D eigenvalue weighted by Crippen LogP contribution is 2.25. The van der Waals surface area contributed by atoms with Crippen LogP contribution in [0, 0.1) is 0 Å². The number of hydrogen-bond acceptors (Lipinski definition) is 2. The largest absolute Gasteiger partial charge is 0.477 e. The number of rotatable bonds is 3. The Morgan fingerprint density at radius 1 is 1.00 bits per heavy atom. The second-order valence-corrected chi connectivity index (χ2v) is 4.66. The monoisotopic (exact) mass is 259 g/mol. The van der Waals surface area contributed by atoms with Gasteiger partial charge < -0.3 is 10.4 Å². The van der Waals surface area contributed by atoms with Crippen LogP contribution in [0.25, 0.3) is 0 Å². The lowest BCUT2D eigenvalue weighted by Gasteiger charge is -2.17. The summed E-state index contributed by atoms with van der Waals surface area (Å²) in [5.41, 5.74) is 1.38. The number of amides is 1. The fourth-order valence-electron chi connectivity index (χ4n) is 2.30. The number of nitrogens with one attached hydrogen (secondary N) is 1. The Balaban J connectivity index is 2.18. The zero-order chi connectivity index (χ0) is 13.7. The van der Waals surface area contributed by atoms with Crippen molar-refractivity contribution in [2.24, 2.45) is 0 Å². The molecule has 0 saturated heterocycles. The Morgan fingerprint density at radius 3 is 2.21 bits per heavy atom. The second-order valence-electron chi connectivity index (χ2n) is 4.66. The van der Waals surface area contributed by atoms with Crippen LogP contribution in [0.4, 0.5) is 0 Å². The van der Waals surface area contributed by atoms with Gasteiger partial charge in [-0.1, -0.05) is 24.6 Å². The van der Waals surface area contributed by atoms with Gasteiger partial charge in [-0.2, -0.15) is 0 Å². The summed E-state index contributed by atoms with van der Waals surface area (Å²) < 4.78 is 0. The quantitative estimate of drug-likeness (QED) is 0.820. The highest BCUT2D eigenvalue weighted by Gasteiger charge is 2.19. The van der Waals surface area contributed by atoms with Gasteiger partial charge in [0.05, 0.1) is 0 Å². The molecule has 100 valence electrons. The lowest BCUT2D eigenvalue weighted by atomic mass is 9.93. The number of aliphatic carboxylic acids is 1. The molecule has 1 aromatic rings. The number of benzene rings is 1. The van der Waals surface area contributed by atoms with E-state index in [0.29, 0.717) is 5.56 Å². The standard InChI is InChI=1S/C15H17NO3/c17-14(12-9-5-2-6-10-12)16-13(15(18)19)11-7-3-1-4-8-11/h2,5-6,9-10H,1,3-4,7-8H2,(H,16,17)(H,18,19). The van der Waals surface area contributed by atoms with Gasteiger partial charge in [0.25, 0.3) is 5.91 Å². The molecular weight excluding hydrogens is 242 g/mol. The summed E-state index contributed by atoms with van der Waals surface area (Å²) in [4.78, 5) is 23.3. The topological polar surface area (TPSA) is 66.4 Å². The highest BCUT2D eigenvalue weighted by atomic mass is 16.4. The summed E-state index contributed by atoms with van der Waals surface area (Å²) in [6.07, 6.45) is 4.64. The third-order valence-corrected chi connectivity index (χ3v) is 3.30. The van der Waals surface area contributed by atoms with E-state index in [1.165, 1.54) is 0 Å². The van der Waals surface area contributed by atoms with Crippen LogP contribution < -0.4 is 5.32 Å². The molecule has 4 nitrogen and oxygen atoms in total. The number of carbonyl (C=O) groups excluding carboxylic acids is 1. The van der Waals surface area contributed by atoms with Crippen molar-refractivity contribution in [1.29, 1.82) is 0 Å². The zero-order valence-corrected chi connectivity index (χ0v) is 10.7. The third-order valence-electron chi connectivity index (χ3n) is 3.30. The van der Waals surface area contributed by atoms with Crippen molar-refractivity contribution in [2.45, 2.75) is 32.1 Å². The molecule has 0 aromatic heterocycles. The van der Waals surface area contributed by atoms with Crippen molar-refractivity contribution in [3.05, 3.63) is 47.2 Å². The predicted octanol–water partition coefficient (Wildman–Crippen LogP) is 2.72. The van der Waals surface area contributed by atoms with Crippen LogP contribution in [0.5, 0.6) is 0 Å². The number of carbonyl (C=O) groups is 2. The average molecular weight is 259 g/mol. The number of carboxylic acid groups (broad SMARTS) is 1. The van der Waals surface area contributed by atoms with Gasteiger partial charge in [0.1, 0.15) is 5.70 Å². The maximum absolute atomic E-state index is 12.0. The Kier molecular flexibility index (Phi) is 4.34. The summed E-state index contributed by atoms with van der Waals surface area (Å²) in [5, 5.41) is 11.8. The molecule has 1 fully saturated rings. The summed E-state index contributed by atoms with van der Waals surface area (Å²) in [6, 6.07) is 8.65. The van der Waals surface area contributed by atoms with E-state index < -0.39 is 5.97 Å². The molecular formula is C15H17NO3. The second kappa shape index (κ2) is 6.18. The van der Waals surface area contributed by atoms with Crippen molar-refractivity contribution in [3.63, 3.8) is 0 Å². The van der Waals surface area contributed by atoms with Crippen LogP contribution in [0.15, 0.2) is 41.6 Å². The lowest BCUT2D eigenvalue weighted by molar-refractivity contribution is -0.133. The van der Waals surface area contributed by atoms with Gasteiger partial charge in [-0.25, -0.2) is 4.79 Å². The molecule has 1 aliphatic carbocycles. The van der Waals surface area contributed by atoms with Crippen molar-refractivity contribution in [2.75, 3.05) is 0 Å². The van der Waals surface area contributed by atoms with Gasteiger partial charge in [-0.05, 0) is 43.4 Å². The minimum Gasteiger partial charge on any atom is -0.477 e. The SMILES string of the molecule is O=C(O)C(NC(=O)c1ccccc1)=C1CCCCC1. The molecule has 0 aliphatic heterocycles. The molecule has 0 atom stereocenters. The first-order valence-corrected chi connectivity index (χ1v) is 6.50. The van der Waals surface area contributed by atoms with E-state index in [0.717, 1.165) is 37.7 Å². The Bertz CT molecular complexity index is 497. The third kappa shape index (κ3) is 3.44. The summed E-state index contributed by atoms with van der Waals surface area (Å²) in [7, 11) is 0. The highest BCUT2D eigenvalue weighted by molar-refractivity contribution is 6.00. The van der Waals surface area contributed by atoms with E-state index in [1.54, 1.807) is 24.3 Å². The van der Waals surface area contributed by atoms with Crippen LogP contribution in [0.1, 0.15) is 42.5 Å². The number of carboxylic acids is 1. The van der Waals surface area contributed by atoms with Crippen molar-refractivity contribution in [3.8, 4) is 0 Å². The first kappa shape index (κ1) is 13.3. The molecule has 1 amide bonds. The first-order chi connectivity index (χ1) is 9.18. The fraction of sp³-hybridized carbons (Fsp3) is 0.333. The van der Waals surface area contributed by atoms with Gasteiger partial charge in [-0.3, -0.25) is 4.79 Å². The summed E-state index contributed by atoms with van der Waals surface area (Å²) in [5.74, 6) is -1.42. The summed E-state index contributed by atoms with van der Waals surface area (Å²) in [6.45, 7) is 0. The molecule has 0 heterocycles. The molecule has 19 heavy (non-hydrogen) atoms. The van der Waals surface area contributed by atoms with Crippen LogP contribution in [-0.4, -0.2) is 17.0 Å². The van der Waals surface area contributed by atoms with Crippen LogP contribution in [0.3, 0.4) is 0 Å². The summed E-state index contributed by atoms with van der Waals surface area (Å²) >= 11 is 0. The Morgan fingerprint density at radius 2 is 1.63 bits per heavy atom. The van der Waals surface area contributed by atoms with E-state index in [-0.39, 0.29) is 11.6 Å². The molecule has 1 saturated carbocycles. The zero-order valence-electron chi connectivity index (χ0n) is 10.7. The van der Waals surface area contributed by atoms with E-state index in [9.17, 15) is 14.7 Å². The Hall–Kier alpha value is -2.10. The molecule has 0 radical (unpaired) electrons. The molecule has 1 aliphatic rings. The van der Waals surface area contributed by atoms with E-state index in [1.807, 2.05) is 6.07 Å². The fourth-order valence-corrected chi connectivity index (χ4v) is 2.30. The molecule has 4 heteroatoms. The van der Waals surface area contributed by atoms with Gasteiger partial charge in [0, 0.05) is 5.56 Å². The minimum atomic E-state index is -1.05. The minimum absolute atomic E-state index is 0.0635. The number of allylic oxidation sites excluding steroid dienone is 1. The van der Waals surface area contributed by atoms with Crippen molar-refractivity contribution < 1.29 is 14.7 Å². The Labute approximate surface area is 112 Å². The molecule has 1 aromatic carbocycles. The van der Waals surface area contributed by atoms with E-state index >= 15 is 0 Å². The maximum Gasteiger partial charge on any atom is 0.352 e. The van der Waals surface area contributed by atoms with Crippen LogP contribution in [-0.2, 0) is 4.79 Å². The normalized spacial score (nSPS) is 14.8. The molecule has 0 spiro atoms. The smallest absolute Gasteiger partial charge is 0.352 e. The van der Waals surface area contributed by atoms with Gasteiger partial charge in [0.2, 0.25) is 0 Å².